The van der Waals surface area contributed by atoms with Crippen LogP contribution in [0.2, 0.25) is 0 Å². The molecule has 0 radical (unpaired) electrons. The minimum Gasteiger partial charge on any atom is -0.469 e. The average Bonchev–Trinajstić information content (AvgIpc) is 2.08. The van der Waals surface area contributed by atoms with Gasteiger partial charge in [0.2, 0.25) is 0 Å². The molecule has 1 fully saturated rings. The van der Waals surface area contributed by atoms with Crippen LogP contribution in [-0.4, -0.2) is 13.1 Å². The van der Waals surface area contributed by atoms with E-state index in [-0.39, 0.29) is 11.9 Å². The van der Waals surface area contributed by atoms with Gasteiger partial charge >= 0.3 is 5.97 Å². The molecule has 1 aliphatic carbocycles. The number of carbonyl (C=O) groups is 1. The van der Waals surface area contributed by atoms with Gasteiger partial charge in [-0.3, -0.25) is 4.79 Å². The van der Waals surface area contributed by atoms with Crippen molar-refractivity contribution < 1.29 is 9.53 Å². The molecule has 2 heteroatoms. The van der Waals surface area contributed by atoms with E-state index in [4.69, 9.17) is 4.74 Å². The fourth-order valence-corrected chi connectivity index (χ4v) is 2.01. The zero-order chi connectivity index (χ0) is 9.14. The summed E-state index contributed by atoms with van der Waals surface area (Å²) in [4.78, 5) is 11.3. The van der Waals surface area contributed by atoms with Crippen LogP contribution in [0.4, 0.5) is 0 Å². The van der Waals surface area contributed by atoms with Crippen molar-refractivity contribution >= 4 is 5.97 Å². The summed E-state index contributed by atoms with van der Waals surface area (Å²) in [5.74, 6) is 1.33. The van der Waals surface area contributed by atoms with Crippen molar-refractivity contribution in [3.05, 3.63) is 0 Å². The molecule has 0 bridgehead atoms. The fourth-order valence-electron chi connectivity index (χ4n) is 2.01. The zero-order valence-electron chi connectivity index (χ0n) is 8.17. The summed E-state index contributed by atoms with van der Waals surface area (Å²) in [6, 6.07) is 0. The molecule has 0 aliphatic heterocycles. The van der Waals surface area contributed by atoms with Gasteiger partial charge in [-0.15, -0.1) is 0 Å². The van der Waals surface area contributed by atoms with Crippen molar-refractivity contribution in [3.8, 4) is 0 Å². The number of methoxy groups -OCH3 is 1. The van der Waals surface area contributed by atoms with Crippen molar-refractivity contribution in [2.24, 2.45) is 17.8 Å². The first kappa shape index (κ1) is 9.56. The zero-order valence-corrected chi connectivity index (χ0v) is 8.17. The van der Waals surface area contributed by atoms with E-state index >= 15 is 0 Å². The molecule has 0 amide bonds. The fraction of sp³-hybridized carbons (Fsp3) is 0.900. The van der Waals surface area contributed by atoms with Crippen molar-refractivity contribution in [1.82, 2.24) is 0 Å². The van der Waals surface area contributed by atoms with Crippen LogP contribution in [0, 0.1) is 17.8 Å². The van der Waals surface area contributed by atoms with E-state index < -0.39 is 0 Å². The first-order valence-corrected chi connectivity index (χ1v) is 4.73. The summed E-state index contributed by atoms with van der Waals surface area (Å²) in [6.45, 7) is 4.36. The normalized spacial score (nSPS) is 36.1. The summed E-state index contributed by atoms with van der Waals surface area (Å²) < 4.78 is 4.77. The Morgan fingerprint density at radius 3 is 2.58 bits per heavy atom. The molecular weight excluding hydrogens is 152 g/mol. The molecule has 0 saturated heterocycles. The summed E-state index contributed by atoms with van der Waals surface area (Å²) in [5.41, 5.74) is 0. The lowest BCUT2D eigenvalue weighted by Crippen LogP contribution is -2.29. The lowest BCUT2D eigenvalue weighted by atomic mass is 9.75. The molecule has 1 saturated carbocycles. The van der Waals surface area contributed by atoms with Crippen LogP contribution in [0.15, 0.2) is 0 Å². The van der Waals surface area contributed by atoms with Crippen molar-refractivity contribution in [1.29, 1.82) is 0 Å². The van der Waals surface area contributed by atoms with Gasteiger partial charge in [0, 0.05) is 0 Å². The van der Waals surface area contributed by atoms with E-state index in [1.54, 1.807) is 0 Å². The molecule has 0 aromatic rings. The number of esters is 1. The van der Waals surface area contributed by atoms with E-state index in [0.29, 0.717) is 11.8 Å². The Morgan fingerprint density at radius 1 is 1.33 bits per heavy atom. The molecular formula is C10H18O2. The standard InChI is InChI=1S/C10H18O2/c1-7-4-5-8(2)9(6-7)10(11)12-3/h7-9H,4-6H2,1-3H3. The van der Waals surface area contributed by atoms with Gasteiger partial charge in [-0.25, -0.2) is 0 Å². The quantitative estimate of drug-likeness (QED) is 0.564. The maximum Gasteiger partial charge on any atom is 0.308 e. The topological polar surface area (TPSA) is 26.3 Å². The molecule has 0 N–H and O–H groups in total. The van der Waals surface area contributed by atoms with Gasteiger partial charge in [-0.05, 0) is 24.7 Å². The molecule has 2 nitrogen and oxygen atoms in total. The Labute approximate surface area is 74.3 Å². The second kappa shape index (κ2) is 3.92. The Hall–Kier alpha value is -0.530. The minimum absolute atomic E-state index is 0.0194. The Morgan fingerprint density at radius 2 is 2.00 bits per heavy atom. The maximum atomic E-state index is 11.3. The van der Waals surface area contributed by atoms with E-state index in [9.17, 15) is 4.79 Å². The second-order valence-corrected chi connectivity index (χ2v) is 4.03. The second-order valence-electron chi connectivity index (χ2n) is 4.03. The Bertz CT molecular complexity index is 165. The highest BCUT2D eigenvalue weighted by molar-refractivity contribution is 5.72. The number of carbonyl (C=O) groups excluding carboxylic acids is 1. The Kier molecular flexibility index (Phi) is 3.12. The van der Waals surface area contributed by atoms with Gasteiger partial charge in [-0.2, -0.15) is 0 Å². The molecule has 0 heterocycles. The molecule has 0 aromatic carbocycles. The van der Waals surface area contributed by atoms with Gasteiger partial charge in [-0.1, -0.05) is 20.3 Å². The molecule has 0 spiro atoms. The molecule has 3 unspecified atom stereocenters. The third kappa shape index (κ3) is 1.99. The van der Waals surface area contributed by atoms with Gasteiger partial charge in [0.1, 0.15) is 0 Å². The first-order chi connectivity index (χ1) is 5.65. The SMILES string of the molecule is COC(=O)C1CC(C)CCC1C. The van der Waals surface area contributed by atoms with Crippen LogP contribution in [0.1, 0.15) is 33.1 Å². The number of ether oxygens (including phenoxy) is 1. The average molecular weight is 170 g/mol. The molecule has 1 rings (SSSR count). The maximum absolute atomic E-state index is 11.3. The van der Waals surface area contributed by atoms with Crippen LogP contribution in [0.5, 0.6) is 0 Å². The van der Waals surface area contributed by atoms with Crippen molar-refractivity contribution in [2.45, 2.75) is 33.1 Å². The summed E-state index contributed by atoms with van der Waals surface area (Å²) in [5, 5.41) is 0. The van der Waals surface area contributed by atoms with Crippen LogP contribution in [-0.2, 0) is 9.53 Å². The summed E-state index contributed by atoms with van der Waals surface area (Å²) >= 11 is 0. The predicted molar refractivity (Wildman–Crippen MR) is 47.7 cm³/mol. The van der Waals surface area contributed by atoms with Crippen LogP contribution >= 0.6 is 0 Å². The first-order valence-electron chi connectivity index (χ1n) is 4.73. The lowest BCUT2D eigenvalue weighted by molar-refractivity contribution is -0.149. The van der Waals surface area contributed by atoms with Crippen molar-refractivity contribution in [2.75, 3.05) is 7.11 Å². The third-order valence-electron chi connectivity index (χ3n) is 2.96. The van der Waals surface area contributed by atoms with Gasteiger partial charge in [0.15, 0.2) is 0 Å². The number of hydrogen-bond acceptors (Lipinski definition) is 2. The van der Waals surface area contributed by atoms with Crippen LogP contribution in [0.25, 0.3) is 0 Å². The largest absolute Gasteiger partial charge is 0.469 e. The predicted octanol–water partition coefficient (Wildman–Crippen LogP) is 2.23. The lowest BCUT2D eigenvalue weighted by Gasteiger charge is -2.30. The molecule has 3 atom stereocenters. The van der Waals surface area contributed by atoms with Crippen LogP contribution < -0.4 is 0 Å². The highest BCUT2D eigenvalue weighted by Crippen LogP contribution is 2.33. The van der Waals surface area contributed by atoms with Gasteiger partial charge in [0.25, 0.3) is 0 Å². The summed E-state index contributed by atoms with van der Waals surface area (Å²) in [7, 11) is 1.48. The highest BCUT2D eigenvalue weighted by atomic mass is 16.5. The highest BCUT2D eigenvalue weighted by Gasteiger charge is 2.31. The molecule has 1 aliphatic rings. The van der Waals surface area contributed by atoms with Gasteiger partial charge < -0.3 is 4.74 Å². The molecule has 12 heavy (non-hydrogen) atoms. The minimum atomic E-state index is -0.0194. The van der Waals surface area contributed by atoms with Crippen LogP contribution in [0.3, 0.4) is 0 Å². The monoisotopic (exact) mass is 170 g/mol. The van der Waals surface area contributed by atoms with Crippen molar-refractivity contribution in [3.63, 3.8) is 0 Å². The van der Waals surface area contributed by atoms with E-state index in [1.165, 1.54) is 20.0 Å². The smallest absolute Gasteiger partial charge is 0.308 e. The van der Waals surface area contributed by atoms with E-state index in [2.05, 4.69) is 13.8 Å². The van der Waals surface area contributed by atoms with Gasteiger partial charge in [0.05, 0.1) is 13.0 Å². The van der Waals surface area contributed by atoms with E-state index in [1.807, 2.05) is 0 Å². The summed E-state index contributed by atoms with van der Waals surface area (Å²) in [6.07, 6.45) is 3.43. The number of rotatable bonds is 1. The Balaban J connectivity index is 2.54. The number of hydrogen-bond donors (Lipinski definition) is 0. The third-order valence-corrected chi connectivity index (χ3v) is 2.96. The molecule has 0 aromatic heterocycles. The molecule has 70 valence electrons. The van der Waals surface area contributed by atoms with E-state index in [0.717, 1.165) is 6.42 Å².